The Morgan fingerprint density at radius 3 is 2.55 bits per heavy atom. The van der Waals surface area contributed by atoms with E-state index in [0.29, 0.717) is 11.8 Å². The van der Waals surface area contributed by atoms with E-state index in [9.17, 15) is 0 Å². The predicted molar refractivity (Wildman–Crippen MR) is 78.3 cm³/mol. The largest absolute Gasteiger partial charge is 0.339 e. The summed E-state index contributed by atoms with van der Waals surface area (Å²) in [6, 6.07) is 0.192. The number of aromatic nitrogens is 2. The van der Waals surface area contributed by atoms with Crippen LogP contribution in [0.4, 0.5) is 0 Å². The first-order chi connectivity index (χ1) is 9.72. The highest BCUT2D eigenvalue weighted by molar-refractivity contribution is 4.99. The van der Waals surface area contributed by atoms with E-state index in [4.69, 9.17) is 10.3 Å². The minimum Gasteiger partial charge on any atom is -0.339 e. The van der Waals surface area contributed by atoms with Gasteiger partial charge in [-0.3, -0.25) is 0 Å². The van der Waals surface area contributed by atoms with Crippen molar-refractivity contribution in [2.75, 3.05) is 0 Å². The van der Waals surface area contributed by atoms with Gasteiger partial charge in [-0.1, -0.05) is 37.8 Å². The van der Waals surface area contributed by atoms with Crippen LogP contribution in [0, 0.1) is 11.8 Å². The SMILES string of the molecule is CC1CCC(c2noc(CC(N)C3CCCC3)n2)CC1. The molecular weight excluding hydrogens is 250 g/mol. The first kappa shape index (κ1) is 14.1. The molecule has 2 aliphatic carbocycles. The quantitative estimate of drug-likeness (QED) is 0.915. The summed E-state index contributed by atoms with van der Waals surface area (Å²) in [7, 11) is 0. The number of rotatable bonds is 4. The lowest BCUT2D eigenvalue weighted by molar-refractivity contribution is 0.317. The summed E-state index contributed by atoms with van der Waals surface area (Å²) in [5.74, 6) is 3.68. The fourth-order valence-corrected chi connectivity index (χ4v) is 3.79. The zero-order chi connectivity index (χ0) is 13.9. The topological polar surface area (TPSA) is 64.9 Å². The normalized spacial score (nSPS) is 29.7. The van der Waals surface area contributed by atoms with Crippen LogP contribution in [-0.2, 0) is 6.42 Å². The maximum atomic E-state index is 6.29. The van der Waals surface area contributed by atoms with Crippen LogP contribution in [0.1, 0.15) is 75.9 Å². The van der Waals surface area contributed by atoms with Crippen molar-refractivity contribution in [1.82, 2.24) is 10.1 Å². The van der Waals surface area contributed by atoms with E-state index >= 15 is 0 Å². The average Bonchev–Trinajstić information content (AvgIpc) is 3.10. The molecule has 1 heterocycles. The Morgan fingerprint density at radius 1 is 1.15 bits per heavy atom. The number of nitrogens with two attached hydrogens (primary N) is 1. The van der Waals surface area contributed by atoms with Crippen LogP contribution >= 0.6 is 0 Å². The average molecular weight is 277 g/mol. The number of hydrogen-bond acceptors (Lipinski definition) is 4. The number of nitrogens with zero attached hydrogens (tertiary/aromatic N) is 2. The van der Waals surface area contributed by atoms with Crippen LogP contribution in [0.3, 0.4) is 0 Å². The van der Waals surface area contributed by atoms with Gasteiger partial charge in [-0.2, -0.15) is 4.98 Å². The molecule has 4 nitrogen and oxygen atoms in total. The van der Waals surface area contributed by atoms with Crippen molar-refractivity contribution < 1.29 is 4.52 Å². The van der Waals surface area contributed by atoms with Crippen molar-refractivity contribution in [3.8, 4) is 0 Å². The Morgan fingerprint density at radius 2 is 1.85 bits per heavy atom. The standard InChI is InChI=1S/C16H27N3O/c1-11-6-8-13(9-7-11)16-18-15(20-19-16)10-14(17)12-4-2-3-5-12/h11-14H,2-10,17H2,1H3. The van der Waals surface area contributed by atoms with Crippen LogP contribution in [-0.4, -0.2) is 16.2 Å². The molecule has 20 heavy (non-hydrogen) atoms. The molecule has 2 saturated carbocycles. The molecule has 2 fully saturated rings. The summed E-state index contributed by atoms with van der Waals surface area (Å²) in [4.78, 5) is 4.61. The third kappa shape index (κ3) is 3.22. The molecule has 1 aromatic heterocycles. The van der Waals surface area contributed by atoms with E-state index in [-0.39, 0.29) is 6.04 Å². The summed E-state index contributed by atoms with van der Waals surface area (Å²) in [6.45, 7) is 2.33. The lowest BCUT2D eigenvalue weighted by Gasteiger charge is -2.23. The van der Waals surface area contributed by atoms with Gasteiger partial charge in [-0.25, -0.2) is 0 Å². The van der Waals surface area contributed by atoms with Crippen molar-refractivity contribution in [3.05, 3.63) is 11.7 Å². The molecular formula is C16H27N3O. The van der Waals surface area contributed by atoms with Gasteiger partial charge >= 0.3 is 0 Å². The summed E-state index contributed by atoms with van der Waals surface area (Å²) in [6.07, 6.45) is 10.9. The Bertz CT molecular complexity index is 417. The molecule has 112 valence electrons. The van der Waals surface area contributed by atoms with Crippen LogP contribution in [0.25, 0.3) is 0 Å². The highest BCUT2D eigenvalue weighted by Crippen LogP contribution is 2.34. The minimum absolute atomic E-state index is 0.192. The molecule has 2 aliphatic rings. The maximum absolute atomic E-state index is 6.29. The molecule has 0 saturated heterocycles. The molecule has 1 unspecified atom stereocenters. The molecule has 0 aromatic carbocycles. The number of hydrogen-bond donors (Lipinski definition) is 1. The molecule has 2 N–H and O–H groups in total. The van der Waals surface area contributed by atoms with Gasteiger partial charge in [0.25, 0.3) is 0 Å². The molecule has 1 aromatic rings. The van der Waals surface area contributed by atoms with E-state index in [1.165, 1.54) is 51.4 Å². The smallest absolute Gasteiger partial charge is 0.228 e. The second kappa shape index (κ2) is 6.25. The van der Waals surface area contributed by atoms with Gasteiger partial charge in [0.1, 0.15) is 0 Å². The van der Waals surface area contributed by atoms with Crippen LogP contribution in [0.5, 0.6) is 0 Å². The predicted octanol–water partition coefficient (Wildman–Crippen LogP) is 3.42. The molecule has 0 amide bonds. The molecule has 0 bridgehead atoms. The summed E-state index contributed by atoms with van der Waals surface area (Å²) < 4.78 is 5.43. The van der Waals surface area contributed by atoms with Crippen molar-refractivity contribution in [3.63, 3.8) is 0 Å². The van der Waals surface area contributed by atoms with Gasteiger partial charge in [0.05, 0.1) is 0 Å². The van der Waals surface area contributed by atoms with Crippen molar-refractivity contribution in [2.45, 2.75) is 76.7 Å². The zero-order valence-corrected chi connectivity index (χ0v) is 12.6. The Balaban J connectivity index is 1.56. The van der Waals surface area contributed by atoms with E-state index in [2.05, 4.69) is 17.1 Å². The van der Waals surface area contributed by atoms with Gasteiger partial charge in [0, 0.05) is 18.4 Å². The zero-order valence-electron chi connectivity index (χ0n) is 12.6. The van der Waals surface area contributed by atoms with Crippen LogP contribution in [0.15, 0.2) is 4.52 Å². The maximum Gasteiger partial charge on any atom is 0.228 e. The Hall–Kier alpha value is -0.900. The fraction of sp³-hybridized carbons (Fsp3) is 0.875. The van der Waals surface area contributed by atoms with Gasteiger partial charge in [0.15, 0.2) is 5.82 Å². The highest BCUT2D eigenvalue weighted by Gasteiger charge is 2.26. The highest BCUT2D eigenvalue weighted by atomic mass is 16.5. The summed E-state index contributed by atoms with van der Waals surface area (Å²) in [5, 5.41) is 4.20. The first-order valence-corrected chi connectivity index (χ1v) is 8.30. The van der Waals surface area contributed by atoms with Gasteiger partial charge in [-0.15, -0.1) is 0 Å². The second-order valence-corrected chi connectivity index (χ2v) is 6.92. The fourth-order valence-electron chi connectivity index (χ4n) is 3.79. The van der Waals surface area contributed by atoms with Crippen LogP contribution in [0.2, 0.25) is 0 Å². The van der Waals surface area contributed by atoms with E-state index in [1.807, 2.05) is 0 Å². The molecule has 0 spiro atoms. The van der Waals surface area contributed by atoms with Crippen molar-refractivity contribution in [1.29, 1.82) is 0 Å². The summed E-state index contributed by atoms with van der Waals surface area (Å²) in [5.41, 5.74) is 6.29. The van der Waals surface area contributed by atoms with Gasteiger partial charge in [0.2, 0.25) is 5.89 Å². The van der Waals surface area contributed by atoms with E-state index in [1.54, 1.807) is 0 Å². The third-order valence-corrected chi connectivity index (χ3v) is 5.28. The van der Waals surface area contributed by atoms with Crippen molar-refractivity contribution >= 4 is 0 Å². The van der Waals surface area contributed by atoms with E-state index < -0.39 is 0 Å². The van der Waals surface area contributed by atoms with Gasteiger partial charge in [-0.05, 0) is 37.5 Å². The Labute approximate surface area is 121 Å². The molecule has 1 atom stereocenters. The molecule has 0 aliphatic heterocycles. The minimum atomic E-state index is 0.192. The van der Waals surface area contributed by atoms with Crippen molar-refractivity contribution in [2.24, 2.45) is 17.6 Å². The summed E-state index contributed by atoms with van der Waals surface area (Å²) >= 11 is 0. The second-order valence-electron chi connectivity index (χ2n) is 6.92. The van der Waals surface area contributed by atoms with E-state index in [0.717, 1.165) is 24.1 Å². The lowest BCUT2D eigenvalue weighted by Crippen LogP contribution is -2.30. The van der Waals surface area contributed by atoms with Crippen LogP contribution < -0.4 is 5.73 Å². The van der Waals surface area contributed by atoms with Gasteiger partial charge < -0.3 is 10.3 Å². The molecule has 0 radical (unpaired) electrons. The lowest BCUT2D eigenvalue weighted by atomic mass is 9.83. The third-order valence-electron chi connectivity index (χ3n) is 5.28. The Kier molecular flexibility index (Phi) is 4.39. The first-order valence-electron chi connectivity index (χ1n) is 8.30. The molecule has 4 heteroatoms. The molecule has 3 rings (SSSR count). The monoisotopic (exact) mass is 277 g/mol.